The number of fused-ring (bicyclic) bond motifs is 2. The van der Waals surface area contributed by atoms with Gasteiger partial charge in [0.1, 0.15) is 11.0 Å². The van der Waals surface area contributed by atoms with E-state index in [0.29, 0.717) is 0 Å². The SMILES string of the molecule is Cl.N#Cc1ccc2[nH]cc(CCCCN3CCN(c4cccc5nsnc45)CC3)c2c1. The van der Waals surface area contributed by atoms with E-state index >= 15 is 0 Å². The zero-order chi connectivity index (χ0) is 20.3. The highest BCUT2D eigenvalue weighted by Crippen LogP contribution is 2.26. The number of benzene rings is 2. The second kappa shape index (κ2) is 9.65. The highest BCUT2D eigenvalue weighted by molar-refractivity contribution is 7.00. The van der Waals surface area contributed by atoms with Crippen LogP contribution in [0.5, 0.6) is 0 Å². The molecule has 2 aromatic carbocycles. The van der Waals surface area contributed by atoms with Gasteiger partial charge < -0.3 is 9.88 Å². The van der Waals surface area contributed by atoms with Gasteiger partial charge in [-0.15, -0.1) is 12.4 Å². The molecule has 0 bridgehead atoms. The maximum atomic E-state index is 9.14. The van der Waals surface area contributed by atoms with Gasteiger partial charge in [0.15, 0.2) is 0 Å². The average Bonchev–Trinajstić information content (AvgIpc) is 3.43. The van der Waals surface area contributed by atoms with Crippen LogP contribution in [0.15, 0.2) is 42.6 Å². The summed E-state index contributed by atoms with van der Waals surface area (Å²) in [5.41, 5.74) is 6.41. The molecule has 1 N–H and O–H groups in total. The lowest BCUT2D eigenvalue weighted by molar-refractivity contribution is 0.253. The first kappa shape index (κ1) is 21.6. The van der Waals surface area contributed by atoms with E-state index in [-0.39, 0.29) is 12.4 Å². The van der Waals surface area contributed by atoms with Crippen molar-refractivity contribution in [3.05, 3.63) is 53.7 Å². The van der Waals surface area contributed by atoms with Crippen molar-refractivity contribution in [1.82, 2.24) is 18.6 Å². The fraction of sp³-hybridized carbons (Fsp3) is 0.348. The summed E-state index contributed by atoms with van der Waals surface area (Å²) in [7, 11) is 0. The number of aromatic amines is 1. The number of nitrogens with one attached hydrogen (secondary N) is 1. The summed E-state index contributed by atoms with van der Waals surface area (Å²) in [6.07, 6.45) is 5.50. The van der Waals surface area contributed by atoms with E-state index in [1.165, 1.54) is 34.8 Å². The molecule has 3 heterocycles. The molecule has 0 amide bonds. The Hall–Kier alpha value is -2.66. The second-order valence-corrected chi connectivity index (χ2v) is 8.41. The van der Waals surface area contributed by atoms with Gasteiger partial charge in [-0.3, -0.25) is 4.90 Å². The van der Waals surface area contributed by atoms with Gasteiger partial charge in [-0.1, -0.05) is 6.07 Å². The Morgan fingerprint density at radius 2 is 1.94 bits per heavy atom. The van der Waals surface area contributed by atoms with Crippen molar-refractivity contribution in [2.75, 3.05) is 37.6 Å². The van der Waals surface area contributed by atoms with Gasteiger partial charge in [0.05, 0.1) is 29.0 Å². The van der Waals surface area contributed by atoms with Gasteiger partial charge in [-0.25, -0.2) is 0 Å². The molecule has 0 unspecified atom stereocenters. The van der Waals surface area contributed by atoms with E-state index in [0.717, 1.165) is 67.7 Å². The van der Waals surface area contributed by atoms with Crippen molar-refractivity contribution < 1.29 is 0 Å². The van der Waals surface area contributed by atoms with Crippen LogP contribution in [0.3, 0.4) is 0 Å². The van der Waals surface area contributed by atoms with E-state index in [1.54, 1.807) is 0 Å². The Bertz CT molecular complexity index is 1200. The zero-order valence-corrected chi connectivity index (χ0v) is 18.9. The number of aromatic nitrogens is 3. The van der Waals surface area contributed by atoms with Crippen LogP contribution in [0.25, 0.3) is 21.9 Å². The van der Waals surface area contributed by atoms with Gasteiger partial charge in [-0.05, 0) is 61.7 Å². The first-order valence-corrected chi connectivity index (χ1v) is 11.2. The summed E-state index contributed by atoms with van der Waals surface area (Å²) in [6, 6.07) is 14.4. The van der Waals surface area contributed by atoms with E-state index < -0.39 is 0 Å². The number of halogens is 1. The third kappa shape index (κ3) is 4.52. The largest absolute Gasteiger partial charge is 0.367 e. The second-order valence-electron chi connectivity index (χ2n) is 7.88. The Labute approximate surface area is 192 Å². The fourth-order valence-corrected chi connectivity index (χ4v) is 4.91. The number of unbranched alkanes of at least 4 members (excludes halogenated alkanes) is 1. The fourth-order valence-electron chi connectivity index (χ4n) is 4.37. The molecule has 0 spiro atoms. The maximum absolute atomic E-state index is 9.14. The summed E-state index contributed by atoms with van der Waals surface area (Å²) in [5, 5.41) is 10.3. The molecule has 0 atom stereocenters. The molecule has 8 heteroatoms. The molecule has 2 aromatic heterocycles. The van der Waals surface area contributed by atoms with Crippen molar-refractivity contribution in [2.45, 2.75) is 19.3 Å². The quantitative estimate of drug-likeness (QED) is 0.432. The molecule has 160 valence electrons. The molecule has 0 saturated carbocycles. The Balaban J connectivity index is 0.00000231. The number of rotatable bonds is 6. The van der Waals surface area contributed by atoms with Crippen LogP contribution in [0.2, 0.25) is 0 Å². The summed E-state index contributed by atoms with van der Waals surface area (Å²) in [5.74, 6) is 0. The lowest BCUT2D eigenvalue weighted by atomic mass is 10.1. The topological polar surface area (TPSA) is 71.8 Å². The predicted octanol–water partition coefficient (Wildman–Crippen LogP) is 4.61. The maximum Gasteiger partial charge on any atom is 0.128 e. The van der Waals surface area contributed by atoms with Crippen LogP contribution in [0.4, 0.5) is 5.69 Å². The minimum absolute atomic E-state index is 0. The van der Waals surface area contributed by atoms with Gasteiger partial charge in [-0.2, -0.15) is 14.0 Å². The zero-order valence-electron chi connectivity index (χ0n) is 17.3. The number of piperazine rings is 1. The number of aryl methyl sites for hydroxylation is 1. The molecule has 6 nitrogen and oxygen atoms in total. The van der Waals surface area contributed by atoms with Crippen molar-refractivity contribution >= 4 is 51.8 Å². The first-order valence-electron chi connectivity index (χ1n) is 10.5. The van der Waals surface area contributed by atoms with Crippen LogP contribution in [0, 0.1) is 11.3 Å². The van der Waals surface area contributed by atoms with E-state index in [2.05, 4.69) is 47.9 Å². The Morgan fingerprint density at radius 3 is 2.77 bits per heavy atom. The van der Waals surface area contributed by atoms with Gasteiger partial charge >= 0.3 is 0 Å². The molecule has 1 saturated heterocycles. The lowest BCUT2D eigenvalue weighted by Crippen LogP contribution is -2.46. The van der Waals surface area contributed by atoms with Gasteiger partial charge in [0.2, 0.25) is 0 Å². The van der Waals surface area contributed by atoms with Crippen molar-refractivity contribution in [3.8, 4) is 6.07 Å². The van der Waals surface area contributed by atoms with Crippen molar-refractivity contribution in [3.63, 3.8) is 0 Å². The number of nitrogens with zero attached hydrogens (tertiary/aromatic N) is 5. The van der Waals surface area contributed by atoms with Gasteiger partial charge in [0, 0.05) is 43.3 Å². The highest BCUT2D eigenvalue weighted by Gasteiger charge is 2.19. The normalized spacial score (nSPS) is 14.6. The van der Waals surface area contributed by atoms with Crippen LogP contribution < -0.4 is 4.90 Å². The van der Waals surface area contributed by atoms with Crippen molar-refractivity contribution in [2.24, 2.45) is 0 Å². The molecule has 0 aliphatic carbocycles. The predicted molar refractivity (Wildman–Crippen MR) is 129 cm³/mol. The molecule has 1 aliphatic heterocycles. The van der Waals surface area contributed by atoms with Gasteiger partial charge in [0.25, 0.3) is 0 Å². The van der Waals surface area contributed by atoms with Crippen LogP contribution in [-0.2, 0) is 6.42 Å². The van der Waals surface area contributed by atoms with Crippen LogP contribution in [0.1, 0.15) is 24.0 Å². The third-order valence-electron chi connectivity index (χ3n) is 6.04. The average molecular weight is 453 g/mol. The molecule has 31 heavy (non-hydrogen) atoms. The number of hydrogen-bond donors (Lipinski definition) is 1. The standard InChI is InChI=1S/C23H24N6S.ClH/c24-15-17-7-8-20-19(14-17)18(16-25-20)4-1-2-9-28-10-12-29(13-11-28)22-6-3-5-21-23(22)27-30-26-21;/h3,5-8,14,16,25H,1-2,4,9-13H2;1H. The summed E-state index contributed by atoms with van der Waals surface area (Å²) < 4.78 is 8.85. The Kier molecular flexibility index (Phi) is 6.71. The molecule has 5 rings (SSSR count). The summed E-state index contributed by atoms with van der Waals surface area (Å²) >= 11 is 1.29. The smallest absolute Gasteiger partial charge is 0.128 e. The van der Waals surface area contributed by atoms with E-state index in [4.69, 9.17) is 5.26 Å². The summed E-state index contributed by atoms with van der Waals surface area (Å²) in [6.45, 7) is 5.40. The summed E-state index contributed by atoms with van der Waals surface area (Å²) in [4.78, 5) is 8.34. The van der Waals surface area contributed by atoms with Crippen LogP contribution in [-0.4, -0.2) is 51.4 Å². The number of hydrogen-bond acceptors (Lipinski definition) is 6. The molecule has 1 fully saturated rings. The first-order chi connectivity index (χ1) is 14.8. The number of nitriles is 1. The molecule has 1 aliphatic rings. The minimum atomic E-state index is 0. The molecule has 4 aromatic rings. The van der Waals surface area contributed by atoms with Crippen molar-refractivity contribution in [1.29, 1.82) is 5.26 Å². The Morgan fingerprint density at radius 1 is 1.06 bits per heavy atom. The highest BCUT2D eigenvalue weighted by atomic mass is 35.5. The van der Waals surface area contributed by atoms with E-state index in [1.807, 2.05) is 24.3 Å². The number of H-pyrrole nitrogens is 1. The minimum Gasteiger partial charge on any atom is -0.367 e. The lowest BCUT2D eigenvalue weighted by Gasteiger charge is -2.36. The number of anilines is 1. The third-order valence-corrected chi connectivity index (χ3v) is 6.59. The van der Waals surface area contributed by atoms with E-state index in [9.17, 15) is 0 Å². The van der Waals surface area contributed by atoms with Crippen LogP contribution >= 0.6 is 24.1 Å². The molecule has 0 radical (unpaired) electrons. The molecular weight excluding hydrogens is 428 g/mol. The molecular formula is C23H25ClN6S. The monoisotopic (exact) mass is 452 g/mol.